The molecule has 0 unspecified atom stereocenters. The average molecular weight is 388 g/mol. The van der Waals surface area contributed by atoms with E-state index in [4.69, 9.17) is 0 Å². The molecule has 0 aliphatic rings. The van der Waals surface area contributed by atoms with E-state index in [9.17, 15) is 30.6 Å². The standard InChI is InChI=1S/C14H13FN2O6S2/c1-9(18)16-10-2-7-14(19)13(8-10)17-25(22,23)12-5-3-11(4-6-12)24(15,20)21/h2-8,17,19H,1H3,(H,16,18). The van der Waals surface area contributed by atoms with Gasteiger partial charge in [0.1, 0.15) is 5.75 Å². The Morgan fingerprint density at radius 2 is 1.56 bits per heavy atom. The Hall–Kier alpha value is -2.66. The highest BCUT2D eigenvalue weighted by atomic mass is 32.3. The summed E-state index contributed by atoms with van der Waals surface area (Å²) in [6.07, 6.45) is 0. The van der Waals surface area contributed by atoms with Gasteiger partial charge in [-0.05, 0) is 42.5 Å². The van der Waals surface area contributed by atoms with E-state index in [1.54, 1.807) is 0 Å². The molecular formula is C14H13FN2O6S2. The highest BCUT2D eigenvalue weighted by Gasteiger charge is 2.19. The number of carbonyl (C=O) groups is 1. The van der Waals surface area contributed by atoms with Gasteiger partial charge in [0.2, 0.25) is 5.91 Å². The lowest BCUT2D eigenvalue weighted by Crippen LogP contribution is -2.14. The maximum atomic E-state index is 12.8. The number of anilines is 2. The average Bonchev–Trinajstić information content (AvgIpc) is 2.49. The fraction of sp³-hybridized carbons (Fsp3) is 0.0714. The number of rotatable bonds is 5. The summed E-state index contributed by atoms with van der Waals surface area (Å²) in [6, 6.07) is 7.17. The summed E-state index contributed by atoms with van der Waals surface area (Å²) in [4.78, 5) is 10.0. The summed E-state index contributed by atoms with van der Waals surface area (Å²) in [6.45, 7) is 1.26. The van der Waals surface area contributed by atoms with E-state index >= 15 is 0 Å². The SMILES string of the molecule is CC(=O)Nc1ccc(O)c(NS(=O)(=O)c2ccc(S(=O)(=O)F)cc2)c1. The lowest BCUT2D eigenvalue weighted by molar-refractivity contribution is -0.114. The Morgan fingerprint density at radius 3 is 2.08 bits per heavy atom. The molecule has 0 fully saturated rings. The highest BCUT2D eigenvalue weighted by molar-refractivity contribution is 7.92. The molecule has 0 spiro atoms. The molecule has 25 heavy (non-hydrogen) atoms. The number of amides is 1. The summed E-state index contributed by atoms with van der Waals surface area (Å²) < 4.78 is 61.0. The number of hydrogen-bond donors (Lipinski definition) is 3. The van der Waals surface area contributed by atoms with Gasteiger partial charge < -0.3 is 10.4 Å². The van der Waals surface area contributed by atoms with Gasteiger partial charge in [-0.1, -0.05) is 0 Å². The molecule has 134 valence electrons. The van der Waals surface area contributed by atoms with Gasteiger partial charge in [0, 0.05) is 12.6 Å². The summed E-state index contributed by atoms with van der Waals surface area (Å²) in [5.41, 5.74) is 0.0512. The maximum absolute atomic E-state index is 12.8. The minimum absolute atomic E-state index is 0.201. The van der Waals surface area contributed by atoms with Crippen LogP contribution in [0.3, 0.4) is 0 Å². The Morgan fingerprint density at radius 1 is 1.00 bits per heavy atom. The first-order valence-corrected chi connectivity index (χ1v) is 9.54. The molecule has 0 saturated carbocycles. The van der Waals surface area contributed by atoms with Gasteiger partial charge in [-0.25, -0.2) is 8.42 Å². The minimum Gasteiger partial charge on any atom is -0.506 e. The van der Waals surface area contributed by atoms with Gasteiger partial charge in [-0.2, -0.15) is 8.42 Å². The predicted octanol–water partition coefficient (Wildman–Crippen LogP) is 1.81. The fourth-order valence-electron chi connectivity index (χ4n) is 1.88. The molecule has 3 N–H and O–H groups in total. The van der Waals surface area contributed by atoms with Crippen molar-refractivity contribution in [3.8, 4) is 5.75 Å². The molecule has 0 aliphatic carbocycles. The van der Waals surface area contributed by atoms with E-state index in [1.807, 2.05) is 0 Å². The fourth-order valence-corrected chi connectivity index (χ4v) is 3.41. The van der Waals surface area contributed by atoms with Crippen molar-refractivity contribution in [1.82, 2.24) is 0 Å². The van der Waals surface area contributed by atoms with Crippen LogP contribution >= 0.6 is 0 Å². The van der Waals surface area contributed by atoms with Crippen molar-refractivity contribution in [3.05, 3.63) is 42.5 Å². The van der Waals surface area contributed by atoms with Crippen LogP contribution in [0.25, 0.3) is 0 Å². The van der Waals surface area contributed by atoms with Crippen molar-refractivity contribution in [2.75, 3.05) is 10.0 Å². The Balaban J connectivity index is 2.34. The van der Waals surface area contributed by atoms with Crippen molar-refractivity contribution in [2.45, 2.75) is 16.7 Å². The molecule has 11 heteroatoms. The van der Waals surface area contributed by atoms with Crippen LogP contribution in [0.15, 0.2) is 52.3 Å². The van der Waals surface area contributed by atoms with Crippen LogP contribution in [0.1, 0.15) is 6.92 Å². The first-order valence-electron chi connectivity index (χ1n) is 6.67. The molecule has 0 aromatic heterocycles. The Kier molecular flexibility index (Phi) is 4.99. The lowest BCUT2D eigenvalue weighted by Gasteiger charge is -2.11. The first kappa shape index (κ1) is 18.7. The van der Waals surface area contributed by atoms with Gasteiger partial charge >= 0.3 is 10.2 Å². The van der Waals surface area contributed by atoms with E-state index in [1.165, 1.54) is 25.1 Å². The third kappa shape index (κ3) is 4.67. The second-order valence-electron chi connectivity index (χ2n) is 4.93. The molecule has 2 aromatic rings. The quantitative estimate of drug-likeness (QED) is 0.407. The number of aromatic hydroxyl groups is 1. The van der Waals surface area contributed by atoms with Gasteiger partial charge in [0.15, 0.2) is 0 Å². The summed E-state index contributed by atoms with van der Waals surface area (Å²) >= 11 is 0. The first-order chi connectivity index (χ1) is 11.5. The zero-order valence-electron chi connectivity index (χ0n) is 12.7. The smallest absolute Gasteiger partial charge is 0.332 e. The molecule has 0 bridgehead atoms. The number of carbonyl (C=O) groups excluding carboxylic acids is 1. The number of sulfonamides is 1. The van der Waals surface area contributed by atoms with Crippen LogP contribution in [-0.2, 0) is 25.0 Å². The van der Waals surface area contributed by atoms with Crippen molar-refractivity contribution < 1.29 is 30.6 Å². The third-order valence-corrected chi connectivity index (χ3v) is 5.19. The summed E-state index contributed by atoms with van der Waals surface area (Å²) in [5.74, 6) is -0.775. The van der Waals surface area contributed by atoms with Crippen LogP contribution in [-0.4, -0.2) is 27.8 Å². The molecule has 0 heterocycles. The number of halogens is 1. The van der Waals surface area contributed by atoms with Crippen molar-refractivity contribution in [3.63, 3.8) is 0 Å². The molecule has 1 amide bonds. The molecule has 2 rings (SSSR count). The van der Waals surface area contributed by atoms with Crippen LogP contribution in [0.4, 0.5) is 15.3 Å². The predicted molar refractivity (Wildman–Crippen MR) is 88.0 cm³/mol. The number of benzene rings is 2. The molecule has 0 aliphatic heterocycles. The van der Waals surface area contributed by atoms with Crippen molar-refractivity contribution >= 4 is 37.5 Å². The second-order valence-corrected chi connectivity index (χ2v) is 7.96. The number of hydrogen-bond acceptors (Lipinski definition) is 6. The van der Waals surface area contributed by atoms with Gasteiger partial charge in [-0.15, -0.1) is 3.89 Å². The molecule has 0 atom stereocenters. The van der Waals surface area contributed by atoms with E-state index in [0.717, 1.165) is 24.3 Å². The normalized spacial score (nSPS) is 11.8. The number of phenols is 1. The van der Waals surface area contributed by atoms with Gasteiger partial charge in [0.05, 0.1) is 15.5 Å². The van der Waals surface area contributed by atoms with E-state index < -0.39 is 25.1 Å². The topological polar surface area (TPSA) is 130 Å². The van der Waals surface area contributed by atoms with Crippen molar-refractivity contribution in [2.24, 2.45) is 0 Å². The molecule has 0 radical (unpaired) electrons. The van der Waals surface area contributed by atoms with Crippen LogP contribution in [0, 0.1) is 0 Å². The molecule has 8 nitrogen and oxygen atoms in total. The molecule has 2 aromatic carbocycles. The number of nitrogens with one attached hydrogen (secondary N) is 2. The van der Waals surface area contributed by atoms with E-state index in [-0.39, 0.29) is 27.9 Å². The van der Waals surface area contributed by atoms with Crippen molar-refractivity contribution in [1.29, 1.82) is 0 Å². The highest BCUT2D eigenvalue weighted by Crippen LogP contribution is 2.29. The van der Waals surface area contributed by atoms with Gasteiger partial charge in [-0.3, -0.25) is 9.52 Å². The van der Waals surface area contributed by atoms with E-state index in [2.05, 4.69) is 10.0 Å². The number of phenolic OH excluding ortho intramolecular Hbond substituents is 1. The molecular weight excluding hydrogens is 375 g/mol. The zero-order valence-corrected chi connectivity index (χ0v) is 14.4. The minimum atomic E-state index is -4.94. The third-order valence-electron chi connectivity index (χ3n) is 2.98. The summed E-state index contributed by atoms with van der Waals surface area (Å²) in [7, 11) is -9.13. The maximum Gasteiger partial charge on any atom is 0.332 e. The van der Waals surface area contributed by atoms with Crippen LogP contribution in [0.2, 0.25) is 0 Å². The largest absolute Gasteiger partial charge is 0.506 e. The second kappa shape index (κ2) is 6.69. The summed E-state index contributed by atoms with van der Waals surface area (Å²) in [5, 5.41) is 12.2. The van der Waals surface area contributed by atoms with Gasteiger partial charge in [0.25, 0.3) is 10.0 Å². The Bertz CT molecular complexity index is 1020. The molecule has 0 saturated heterocycles. The zero-order chi connectivity index (χ0) is 18.8. The monoisotopic (exact) mass is 388 g/mol. The lowest BCUT2D eigenvalue weighted by atomic mass is 10.2. The Labute approximate surface area is 143 Å². The van der Waals surface area contributed by atoms with Crippen LogP contribution < -0.4 is 10.0 Å². The van der Waals surface area contributed by atoms with E-state index in [0.29, 0.717) is 0 Å². The van der Waals surface area contributed by atoms with Crippen LogP contribution in [0.5, 0.6) is 5.75 Å².